The van der Waals surface area contributed by atoms with E-state index in [1.807, 2.05) is 11.5 Å². The maximum atomic E-state index is 12.1. The number of carbonyl (C=O) groups is 1. The average molecular weight is 235 g/mol. The highest BCUT2D eigenvalue weighted by Gasteiger charge is 2.24. The van der Waals surface area contributed by atoms with Crippen LogP contribution in [0.5, 0.6) is 0 Å². The average Bonchev–Trinajstić information content (AvgIpc) is 2.74. The summed E-state index contributed by atoms with van der Waals surface area (Å²) in [4.78, 5) is 25.6. The van der Waals surface area contributed by atoms with E-state index in [0.29, 0.717) is 11.4 Å². The number of hydrogen-bond acceptors (Lipinski definition) is 3. The molecule has 0 atom stereocenters. The van der Waals surface area contributed by atoms with Gasteiger partial charge in [0, 0.05) is 0 Å². The molecule has 90 valence electrons. The molecule has 0 fully saturated rings. The van der Waals surface area contributed by atoms with E-state index >= 15 is 0 Å². The fourth-order valence-corrected chi connectivity index (χ4v) is 1.73. The summed E-state index contributed by atoms with van der Waals surface area (Å²) in [7, 11) is 0. The zero-order valence-electron chi connectivity index (χ0n) is 9.62. The minimum absolute atomic E-state index is 0.0521. The smallest absolute Gasteiger partial charge is 0.293 e. The highest BCUT2D eigenvalue weighted by atomic mass is 16.1. The van der Waals surface area contributed by atoms with E-state index in [1.54, 1.807) is 6.20 Å². The summed E-state index contributed by atoms with van der Waals surface area (Å²) < 4.78 is 0. The van der Waals surface area contributed by atoms with Gasteiger partial charge in [0.05, 0.1) is 5.57 Å². The van der Waals surface area contributed by atoms with Gasteiger partial charge in [-0.05, 0) is 12.8 Å². The predicted octanol–water partition coefficient (Wildman–Crippen LogP) is -0.341. The Hall–Kier alpha value is -1.95. The number of hydrogen-bond donors (Lipinski definition) is 3. The van der Waals surface area contributed by atoms with Gasteiger partial charge in [-0.1, -0.05) is 13.3 Å². The van der Waals surface area contributed by atoms with Crippen molar-refractivity contribution in [2.45, 2.75) is 26.2 Å². The summed E-state index contributed by atoms with van der Waals surface area (Å²) in [6.45, 7) is 2.08. The topological polar surface area (TPSA) is 95.2 Å². The third kappa shape index (κ3) is 2.42. The maximum Gasteiger partial charge on any atom is 0.340 e. The molecule has 2 heterocycles. The first kappa shape index (κ1) is 11.5. The van der Waals surface area contributed by atoms with E-state index in [2.05, 4.69) is 22.1 Å². The Morgan fingerprint density at radius 2 is 2.18 bits per heavy atom. The minimum atomic E-state index is -0.404. The van der Waals surface area contributed by atoms with Gasteiger partial charge in [-0.3, -0.25) is 15.1 Å². The predicted molar refractivity (Wildman–Crippen MR) is 61.7 cm³/mol. The number of allylic oxidation sites excluding steroid dienone is 2. The molecule has 0 aliphatic carbocycles. The summed E-state index contributed by atoms with van der Waals surface area (Å²) in [5, 5.41) is 7.85. The van der Waals surface area contributed by atoms with E-state index in [-0.39, 0.29) is 5.78 Å². The first-order valence-corrected chi connectivity index (χ1v) is 5.66. The van der Waals surface area contributed by atoms with Crippen molar-refractivity contribution < 1.29 is 10.1 Å². The molecule has 6 nitrogen and oxygen atoms in total. The van der Waals surface area contributed by atoms with Crippen LogP contribution in [0.2, 0.25) is 0 Å². The lowest BCUT2D eigenvalue weighted by Gasteiger charge is -2.09. The van der Waals surface area contributed by atoms with Crippen LogP contribution in [0, 0.1) is 0 Å². The molecule has 0 saturated heterocycles. The monoisotopic (exact) mass is 235 g/mol. The van der Waals surface area contributed by atoms with E-state index in [9.17, 15) is 9.59 Å². The highest BCUT2D eigenvalue weighted by molar-refractivity contribution is 6.27. The number of aromatic nitrogens is 3. The quantitative estimate of drug-likeness (QED) is 0.666. The van der Waals surface area contributed by atoms with Gasteiger partial charge in [0.1, 0.15) is 18.0 Å². The number of quaternary nitrogens is 1. The van der Waals surface area contributed by atoms with Crippen LogP contribution in [0.1, 0.15) is 32.0 Å². The number of H-pyrrole nitrogens is 2. The van der Waals surface area contributed by atoms with Crippen molar-refractivity contribution in [3.05, 3.63) is 34.3 Å². The van der Waals surface area contributed by atoms with Gasteiger partial charge < -0.3 is 0 Å². The molecule has 1 aromatic rings. The van der Waals surface area contributed by atoms with Crippen LogP contribution in [-0.2, 0) is 4.79 Å². The van der Waals surface area contributed by atoms with Crippen molar-refractivity contribution in [3.63, 3.8) is 0 Å². The molecule has 0 amide bonds. The summed E-state index contributed by atoms with van der Waals surface area (Å²) in [5.74, 6) is 0.252. The van der Waals surface area contributed by atoms with Gasteiger partial charge in [0.2, 0.25) is 5.78 Å². The molecule has 0 bridgehead atoms. The van der Waals surface area contributed by atoms with Crippen molar-refractivity contribution in [2.24, 2.45) is 0 Å². The van der Waals surface area contributed by atoms with Gasteiger partial charge in [-0.2, -0.15) is 5.10 Å². The Morgan fingerprint density at radius 3 is 2.82 bits per heavy atom. The second kappa shape index (κ2) is 4.92. The molecule has 0 spiro atoms. The molecule has 2 rings (SSSR count). The number of nitrogens with two attached hydrogens (primary N) is 1. The summed E-state index contributed by atoms with van der Waals surface area (Å²) in [6.07, 6.45) is 6.28. The molecule has 6 heteroatoms. The third-order valence-electron chi connectivity index (χ3n) is 2.65. The highest BCUT2D eigenvalue weighted by Crippen LogP contribution is 2.18. The van der Waals surface area contributed by atoms with Gasteiger partial charge in [-0.25, -0.2) is 9.89 Å². The summed E-state index contributed by atoms with van der Waals surface area (Å²) >= 11 is 0. The lowest BCUT2D eigenvalue weighted by atomic mass is 9.98. The van der Waals surface area contributed by atoms with Crippen molar-refractivity contribution in [1.29, 1.82) is 0 Å². The van der Waals surface area contributed by atoms with Gasteiger partial charge >= 0.3 is 5.69 Å². The SMILES string of the molecule is CCCCC1=C[NH2+]C=C(c2n[nH]c(=O)[nH]2)C1=O. The largest absolute Gasteiger partial charge is 0.340 e. The second-order valence-corrected chi connectivity index (χ2v) is 3.92. The van der Waals surface area contributed by atoms with Gasteiger partial charge in [-0.15, -0.1) is 0 Å². The molecular weight excluding hydrogens is 220 g/mol. The molecule has 0 aromatic carbocycles. The van der Waals surface area contributed by atoms with Crippen LogP contribution < -0.4 is 11.0 Å². The molecular formula is C11H15N4O2+. The van der Waals surface area contributed by atoms with E-state index < -0.39 is 5.69 Å². The number of nitrogens with one attached hydrogen (secondary N) is 2. The number of nitrogens with zero attached hydrogens (tertiary/aromatic N) is 1. The first-order valence-electron chi connectivity index (χ1n) is 5.66. The summed E-state index contributed by atoms with van der Waals surface area (Å²) in [5.41, 5.74) is 0.809. The number of unbranched alkanes of at least 4 members (excludes halogenated alkanes) is 1. The minimum Gasteiger partial charge on any atom is -0.293 e. The number of rotatable bonds is 4. The zero-order chi connectivity index (χ0) is 12.3. The van der Waals surface area contributed by atoms with E-state index in [4.69, 9.17) is 0 Å². The number of aromatic amines is 2. The van der Waals surface area contributed by atoms with Gasteiger partial charge in [0.25, 0.3) is 0 Å². The Morgan fingerprint density at radius 1 is 1.35 bits per heavy atom. The van der Waals surface area contributed by atoms with Crippen LogP contribution >= 0.6 is 0 Å². The molecule has 17 heavy (non-hydrogen) atoms. The molecule has 0 radical (unpaired) electrons. The second-order valence-electron chi connectivity index (χ2n) is 3.92. The Kier molecular flexibility index (Phi) is 3.34. The Labute approximate surface area is 97.8 Å². The van der Waals surface area contributed by atoms with Crippen molar-refractivity contribution in [2.75, 3.05) is 0 Å². The van der Waals surface area contributed by atoms with Crippen LogP contribution in [0.15, 0.2) is 22.8 Å². The number of Topliss-reactive ketones (excluding diaryl/α,β-unsaturated/α-hetero) is 1. The third-order valence-corrected chi connectivity index (χ3v) is 2.65. The van der Waals surface area contributed by atoms with Crippen molar-refractivity contribution in [3.8, 4) is 0 Å². The van der Waals surface area contributed by atoms with Crippen molar-refractivity contribution in [1.82, 2.24) is 15.2 Å². The van der Waals surface area contributed by atoms with Crippen LogP contribution in [0.4, 0.5) is 0 Å². The van der Waals surface area contributed by atoms with Crippen LogP contribution in [0.3, 0.4) is 0 Å². The molecule has 1 aliphatic rings. The van der Waals surface area contributed by atoms with Crippen LogP contribution in [0.25, 0.3) is 5.57 Å². The van der Waals surface area contributed by atoms with Crippen LogP contribution in [-0.4, -0.2) is 21.0 Å². The Balaban J connectivity index is 2.19. The summed E-state index contributed by atoms with van der Waals surface area (Å²) in [6, 6.07) is 0. The molecule has 4 N–H and O–H groups in total. The maximum absolute atomic E-state index is 12.1. The van der Waals surface area contributed by atoms with Crippen molar-refractivity contribution >= 4 is 11.4 Å². The van der Waals surface area contributed by atoms with Gasteiger partial charge in [0.15, 0.2) is 5.82 Å². The standard InChI is InChI=1S/C11H14N4O2/c1-2-3-4-7-5-12-6-8(9(7)16)10-13-11(17)15-14-10/h5-6H,2-4H2,1H3,(H,12,16)(H2,13,14,15,17)/p+1. The first-order chi connectivity index (χ1) is 8.22. The normalized spacial score (nSPS) is 15.7. The molecule has 1 aliphatic heterocycles. The molecule has 0 saturated carbocycles. The number of carbonyl (C=O) groups excluding carboxylic acids is 1. The lowest BCUT2D eigenvalue weighted by molar-refractivity contribution is -0.514. The molecule has 0 unspecified atom stereocenters. The number of ketones is 1. The molecule has 1 aromatic heterocycles. The fourth-order valence-electron chi connectivity index (χ4n) is 1.73. The zero-order valence-corrected chi connectivity index (χ0v) is 9.62. The fraction of sp³-hybridized carbons (Fsp3) is 0.364. The van der Waals surface area contributed by atoms with E-state index in [0.717, 1.165) is 24.8 Å². The Bertz CT molecular complexity index is 536. The van der Waals surface area contributed by atoms with E-state index in [1.165, 1.54) is 0 Å². The lowest BCUT2D eigenvalue weighted by Crippen LogP contribution is -2.73.